The molecule has 2 N–H and O–H groups in total. The lowest BCUT2D eigenvalue weighted by Crippen LogP contribution is -2.32. The number of pyridine rings is 1. The maximum absolute atomic E-state index is 12.7. The van der Waals surface area contributed by atoms with Gasteiger partial charge in [-0.1, -0.05) is 18.2 Å². The molecule has 1 fully saturated rings. The van der Waals surface area contributed by atoms with Gasteiger partial charge in [0.1, 0.15) is 0 Å². The third-order valence-corrected chi connectivity index (χ3v) is 6.92. The SMILES string of the molecule is Cc1ccc(C)c(NC(=O)CCN2C(=S)NC(c3ccccn3)C2c2ccc(C)s2)c1. The maximum Gasteiger partial charge on any atom is 0.226 e. The summed E-state index contributed by atoms with van der Waals surface area (Å²) in [5, 5.41) is 7.15. The molecule has 3 heterocycles. The first-order valence-corrected chi connectivity index (χ1v) is 11.6. The largest absolute Gasteiger partial charge is 0.352 e. The molecule has 2 unspecified atom stereocenters. The zero-order chi connectivity index (χ0) is 22.0. The minimum atomic E-state index is -0.0474. The van der Waals surface area contributed by atoms with E-state index >= 15 is 0 Å². The zero-order valence-corrected chi connectivity index (χ0v) is 19.5. The van der Waals surface area contributed by atoms with Gasteiger partial charge in [-0.2, -0.15) is 0 Å². The minimum absolute atomic E-state index is 0.00889. The molecule has 1 amide bonds. The minimum Gasteiger partial charge on any atom is -0.352 e. The summed E-state index contributed by atoms with van der Waals surface area (Å²) in [5.41, 5.74) is 3.99. The van der Waals surface area contributed by atoms with Crippen molar-refractivity contribution in [2.75, 3.05) is 11.9 Å². The molecular weight excluding hydrogens is 424 g/mol. The molecule has 0 aliphatic carbocycles. The zero-order valence-electron chi connectivity index (χ0n) is 17.9. The van der Waals surface area contributed by atoms with Crippen LogP contribution in [0.25, 0.3) is 0 Å². The average Bonchev–Trinajstić information content (AvgIpc) is 3.32. The van der Waals surface area contributed by atoms with Crippen molar-refractivity contribution in [3.05, 3.63) is 81.3 Å². The number of hydrogen-bond donors (Lipinski definition) is 2. The summed E-state index contributed by atoms with van der Waals surface area (Å²) < 4.78 is 0. The fourth-order valence-electron chi connectivity index (χ4n) is 3.87. The summed E-state index contributed by atoms with van der Waals surface area (Å²) in [6, 6.07) is 16.2. The first-order valence-electron chi connectivity index (χ1n) is 10.3. The Bertz CT molecular complexity index is 1100. The number of nitrogens with zero attached hydrogens (tertiary/aromatic N) is 2. The molecule has 4 rings (SSSR count). The molecule has 1 saturated heterocycles. The van der Waals surface area contributed by atoms with Gasteiger partial charge >= 0.3 is 0 Å². The first-order chi connectivity index (χ1) is 14.9. The number of anilines is 1. The Balaban J connectivity index is 1.52. The molecule has 1 aromatic carbocycles. The molecule has 0 spiro atoms. The topological polar surface area (TPSA) is 57.3 Å². The predicted molar refractivity (Wildman–Crippen MR) is 130 cm³/mol. The van der Waals surface area contributed by atoms with Crippen LogP contribution in [0.3, 0.4) is 0 Å². The van der Waals surface area contributed by atoms with Gasteiger partial charge in [0, 0.05) is 34.6 Å². The van der Waals surface area contributed by atoms with E-state index in [1.54, 1.807) is 17.5 Å². The van der Waals surface area contributed by atoms with E-state index in [2.05, 4.69) is 39.6 Å². The summed E-state index contributed by atoms with van der Waals surface area (Å²) in [6.07, 6.45) is 2.15. The molecule has 5 nitrogen and oxygen atoms in total. The number of benzene rings is 1. The van der Waals surface area contributed by atoms with Crippen LogP contribution in [0.4, 0.5) is 5.69 Å². The molecule has 0 bridgehead atoms. The Morgan fingerprint density at radius 3 is 2.74 bits per heavy atom. The molecule has 1 aliphatic heterocycles. The van der Waals surface area contributed by atoms with Gasteiger partial charge in [0.15, 0.2) is 5.11 Å². The number of carbonyl (C=O) groups excluding carboxylic acids is 1. The van der Waals surface area contributed by atoms with Crippen molar-refractivity contribution < 1.29 is 4.79 Å². The van der Waals surface area contributed by atoms with Crippen molar-refractivity contribution in [3.63, 3.8) is 0 Å². The second-order valence-electron chi connectivity index (χ2n) is 7.88. The highest BCUT2D eigenvalue weighted by Gasteiger charge is 2.40. The summed E-state index contributed by atoms with van der Waals surface area (Å²) in [4.78, 5) is 21.9. The standard InChI is InChI=1S/C24H26N4OS2/c1-15-7-8-16(2)19(14-15)26-21(29)11-13-28-23(20-10-9-17(3)31-20)22(27-24(28)30)18-6-4-5-12-25-18/h4-10,12,14,22-23H,11,13H2,1-3H3,(H,26,29)(H,27,30). The van der Waals surface area contributed by atoms with E-state index in [1.165, 1.54) is 9.75 Å². The van der Waals surface area contributed by atoms with Gasteiger partial charge in [-0.25, -0.2) is 0 Å². The van der Waals surface area contributed by atoms with Crippen LogP contribution in [-0.2, 0) is 4.79 Å². The van der Waals surface area contributed by atoms with Gasteiger partial charge in [0.25, 0.3) is 0 Å². The lowest BCUT2D eigenvalue weighted by atomic mass is 10.0. The van der Waals surface area contributed by atoms with Crippen molar-refractivity contribution in [1.82, 2.24) is 15.2 Å². The monoisotopic (exact) mass is 450 g/mol. The van der Waals surface area contributed by atoms with E-state index in [0.717, 1.165) is 22.5 Å². The number of thiophene rings is 1. The van der Waals surface area contributed by atoms with E-state index in [-0.39, 0.29) is 18.0 Å². The van der Waals surface area contributed by atoms with Crippen molar-refractivity contribution in [1.29, 1.82) is 0 Å². The van der Waals surface area contributed by atoms with Crippen LogP contribution in [0.1, 0.15) is 45.1 Å². The Kier molecular flexibility index (Phi) is 6.34. The quantitative estimate of drug-likeness (QED) is 0.514. The lowest BCUT2D eigenvalue weighted by Gasteiger charge is -2.26. The Hall–Kier alpha value is -2.77. The number of hydrogen-bond acceptors (Lipinski definition) is 4. The molecule has 0 radical (unpaired) electrons. The van der Waals surface area contributed by atoms with Crippen LogP contribution >= 0.6 is 23.6 Å². The van der Waals surface area contributed by atoms with Crippen molar-refractivity contribution in [2.45, 2.75) is 39.3 Å². The van der Waals surface area contributed by atoms with Crippen molar-refractivity contribution in [3.8, 4) is 0 Å². The summed E-state index contributed by atoms with van der Waals surface area (Å²) in [6.45, 7) is 6.66. The van der Waals surface area contributed by atoms with Crippen LogP contribution in [-0.4, -0.2) is 27.4 Å². The number of nitrogens with one attached hydrogen (secondary N) is 2. The molecule has 2 aromatic heterocycles. The average molecular weight is 451 g/mol. The van der Waals surface area contributed by atoms with Crippen LogP contribution in [0, 0.1) is 20.8 Å². The molecule has 160 valence electrons. The maximum atomic E-state index is 12.7. The fourth-order valence-corrected chi connectivity index (χ4v) is 5.23. The van der Waals surface area contributed by atoms with E-state index in [0.29, 0.717) is 18.1 Å². The summed E-state index contributed by atoms with van der Waals surface area (Å²) >= 11 is 7.44. The Labute approximate surface area is 192 Å². The molecular formula is C24H26N4OS2. The normalized spacial score (nSPS) is 18.2. The van der Waals surface area contributed by atoms with E-state index in [1.807, 2.05) is 50.2 Å². The number of amides is 1. The van der Waals surface area contributed by atoms with Crippen LogP contribution < -0.4 is 10.6 Å². The van der Waals surface area contributed by atoms with Crippen molar-refractivity contribution >= 4 is 40.3 Å². The number of aryl methyl sites for hydroxylation is 3. The van der Waals surface area contributed by atoms with Crippen molar-refractivity contribution in [2.24, 2.45) is 0 Å². The number of carbonyl (C=O) groups is 1. The van der Waals surface area contributed by atoms with Crippen LogP contribution in [0.15, 0.2) is 54.7 Å². The second-order valence-corrected chi connectivity index (χ2v) is 9.59. The molecule has 3 aromatic rings. The van der Waals surface area contributed by atoms with Gasteiger partial charge in [-0.3, -0.25) is 9.78 Å². The Morgan fingerprint density at radius 1 is 1.19 bits per heavy atom. The van der Waals surface area contributed by atoms with E-state index in [4.69, 9.17) is 12.2 Å². The van der Waals surface area contributed by atoms with Gasteiger partial charge in [-0.05, 0) is 74.4 Å². The third-order valence-electron chi connectivity index (χ3n) is 5.50. The van der Waals surface area contributed by atoms with Crippen LogP contribution in [0.5, 0.6) is 0 Å². The lowest BCUT2D eigenvalue weighted by molar-refractivity contribution is -0.116. The number of rotatable bonds is 6. The number of aromatic nitrogens is 1. The highest BCUT2D eigenvalue weighted by atomic mass is 32.1. The second kappa shape index (κ2) is 9.16. The highest BCUT2D eigenvalue weighted by molar-refractivity contribution is 7.80. The van der Waals surface area contributed by atoms with Gasteiger partial charge < -0.3 is 15.5 Å². The Morgan fingerprint density at radius 2 is 2.03 bits per heavy atom. The smallest absolute Gasteiger partial charge is 0.226 e. The van der Waals surface area contributed by atoms with Gasteiger partial charge in [-0.15, -0.1) is 11.3 Å². The summed E-state index contributed by atoms with van der Waals surface area (Å²) in [5.74, 6) is -0.0149. The number of thiocarbonyl (C=S) groups is 1. The molecule has 31 heavy (non-hydrogen) atoms. The molecule has 0 saturated carbocycles. The molecule has 1 aliphatic rings. The van der Waals surface area contributed by atoms with Crippen LogP contribution in [0.2, 0.25) is 0 Å². The third kappa shape index (κ3) is 4.78. The van der Waals surface area contributed by atoms with E-state index in [9.17, 15) is 4.79 Å². The van der Waals surface area contributed by atoms with Gasteiger partial charge in [0.2, 0.25) is 5.91 Å². The van der Waals surface area contributed by atoms with Gasteiger partial charge in [0.05, 0.1) is 17.8 Å². The fraction of sp³-hybridized carbons (Fsp3) is 0.292. The highest BCUT2D eigenvalue weighted by Crippen LogP contribution is 2.41. The summed E-state index contributed by atoms with van der Waals surface area (Å²) in [7, 11) is 0. The molecule has 2 atom stereocenters. The molecule has 7 heteroatoms. The predicted octanol–water partition coefficient (Wildman–Crippen LogP) is 5.07. The van der Waals surface area contributed by atoms with E-state index < -0.39 is 0 Å². The first kappa shape index (κ1) is 21.5.